The highest BCUT2D eigenvalue weighted by Crippen LogP contribution is 2.34. The summed E-state index contributed by atoms with van der Waals surface area (Å²) in [6.07, 6.45) is 2.82. The third-order valence-electron chi connectivity index (χ3n) is 3.98. The summed E-state index contributed by atoms with van der Waals surface area (Å²) < 4.78 is 5.21. The topological polar surface area (TPSA) is 24.5 Å². The van der Waals surface area contributed by atoms with Gasteiger partial charge in [0, 0.05) is 38.5 Å². The zero-order valence-corrected chi connectivity index (χ0v) is 11.1. The summed E-state index contributed by atoms with van der Waals surface area (Å²) in [5.74, 6) is 0.926. The number of rotatable bonds is 4. The Kier molecular flexibility index (Phi) is 3.52. The number of methoxy groups -OCH3 is 1. The lowest BCUT2D eigenvalue weighted by atomic mass is 10.1. The quantitative estimate of drug-likeness (QED) is 0.879. The third kappa shape index (κ3) is 2.68. The second kappa shape index (κ2) is 5.29. The van der Waals surface area contributed by atoms with Crippen molar-refractivity contribution in [2.45, 2.75) is 25.5 Å². The van der Waals surface area contributed by atoms with Crippen LogP contribution >= 0.6 is 0 Å². The second-order valence-electron chi connectivity index (χ2n) is 5.45. The largest absolute Gasteiger partial charge is 0.380 e. The van der Waals surface area contributed by atoms with Crippen molar-refractivity contribution >= 4 is 5.69 Å². The first kappa shape index (κ1) is 12.0. The Morgan fingerprint density at radius 3 is 3.06 bits per heavy atom. The number of hydrogen-bond donors (Lipinski definition) is 1. The molecule has 1 heterocycles. The maximum Gasteiger partial charge on any atom is 0.0713 e. The van der Waals surface area contributed by atoms with E-state index < -0.39 is 0 Å². The van der Waals surface area contributed by atoms with Crippen LogP contribution in [-0.2, 0) is 11.3 Å². The smallest absolute Gasteiger partial charge is 0.0713 e. The normalized spacial score (nSPS) is 24.3. The zero-order chi connectivity index (χ0) is 12.4. The fourth-order valence-corrected chi connectivity index (χ4v) is 2.84. The maximum atomic E-state index is 5.21. The molecule has 1 atom stereocenters. The molecule has 3 rings (SSSR count). The molecule has 1 N–H and O–H groups in total. The van der Waals surface area contributed by atoms with E-state index in [1.165, 1.54) is 24.1 Å². The van der Waals surface area contributed by atoms with Crippen molar-refractivity contribution < 1.29 is 4.74 Å². The molecule has 1 saturated carbocycles. The van der Waals surface area contributed by atoms with Crippen LogP contribution in [-0.4, -0.2) is 32.8 Å². The van der Waals surface area contributed by atoms with Gasteiger partial charge < -0.3 is 15.0 Å². The van der Waals surface area contributed by atoms with Crippen molar-refractivity contribution in [3.63, 3.8) is 0 Å². The summed E-state index contributed by atoms with van der Waals surface area (Å²) in [4.78, 5) is 2.51. The molecule has 1 aromatic rings. The highest BCUT2D eigenvalue weighted by Gasteiger charge is 2.33. The summed E-state index contributed by atoms with van der Waals surface area (Å²) in [7, 11) is 1.75. The molecule has 0 spiro atoms. The van der Waals surface area contributed by atoms with Crippen LogP contribution in [0.4, 0.5) is 5.69 Å². The summed E-state index contributed by atoms with van der Waals surface area (Å²) in [6.45, 7) is 4.07. The van der Waals surface area contributed by atoms with E-state index in [1.807, 2.05) is 0 Å². The van der Waals surface area contributed by atoms with Crippen molar-refractivity contribution in [2.75, 3.05) is 31.6 Å². The monoisotopic (exact) mass is 246 g/mol. The van der Waals surface area contributed by atoms with Crippen LogP contribution in [0.5, 0.6) is 0 Å². The first-order chi connectivity index (χ1) is 8.86. The number of nitrogens with one attached hydrogen (secondary N) is 1. The molecule has 1 aromatic carbocycles. The third-order valence-corrected chi connectivity index (χ3v) is 3.98. The summed E-state index contributed by atoms with van der Waals surface area (Å²) >= 11 is 0. The minimum atomic E-state index is 0.699. The SMILES string of the molecule is COCc1cccc(N2CCNC(C3CC3)C2)c1. The number of ether oxygens (including phenoxy) is 1. The zero-order valence-electron chi connectivity index (χ0n) is 11.1. The Morgan fingerprint density at radius 2 is 2.28 bits per heavy atom. The van der Waals surface area contributed by atoms with Crippen molar-refractivity contribution in [2.24, 2.45) is 5.92 Å². The van der Waals surface area contributed by atoms with Gasteiger partial charge >= 0.3 is 0 Å². The molecule has 1 unspecified atom stereocenters. The van der Waals surface area contributed by atoms with Gasteiger partial charge in [-0.3, -0.25) is 0 Å². The molecule has 0 radical (unpaired) electrons. The van der Waals surface area contributed by atoms with Crippen LogP contribution < -0.4 is 10.2 Å². The molecule has 0 amide bonds. The maximum absolute atomic E-state index is 5.21. The molecule has 1 aliphatic heterocycles. The standard InChI is InChI=1S/C15H22N2O/c1-18-11-12-3-2-4-14(9-12)17-8-7-16-15(10-17)13-5-6-13/h2-4,9,13,15-16H,5-8,10-11H2,1H3. The van der Waals surface area contributed by atoms with Crippen molar-refractivity contribution in [3.05, 3.63) is 29.8 Å². The van der Waals surface area contributed by atoms with Gasteiger partial charge in [0.15, 0.2) is 0 Å². The van der Waals surface area contributed by atoms with Gasteiger partial charge in [-0.1, -0.05) is 12.1 Å². The fraction of sp³-hybridized carbons (Fsp3) is 0.600. The Morgan fingerprint density at radius 1 is 1.39 bits per heavy atom. The lowest BCUT2D eigenvalue weighted by Crippen LogP contribution is -2.51. The van der Waals surface area contributed by atoms with Crippen LogP contribution in [0.15, 0.2) is 24.3 Å². The minimum absolute atomic E-state index is 0.699. The van der Waals surface area contributed by atoms with Gasteiger partial charge in [-0.2, -0.15) is 0 Å². The van der Waals surface area contributed by atoms with E-state index in [0.29, 0.717) is 12.6 Å². The predicted octanol–water partition coefficient (Wildman–Crippen LogP) is 2.02. The van der Waals surface area contributed by atoms with E-state index >= 15 is 0 Å². The van der Waals surface area contributed by atoms with Gasteiger partial charge in [0.05, 0.1) is 6.61 Å². The molecule has 1 aliphatic carbocycles. The van der Waals surface area contributed by atoms with Gasteiger partial charge in [-0.15, -0.1) is 0 Å². The van der Waals surface area contributed by atoms with Gasteiger partial charge in [0.1, 0.15) is 0 Å². The van der Waals surface area contributed by atoms with Gasteiger partial charge in [0.2, 0.25) is 0 Å². The van der Waals surface area contributed by atoms with E-state index in [1.54, 1.807) is 7.11 Å². The number of benzene rings is 1. The van der Waals surface area contributed by atoms with Crippen LogP contribution in [0.2, 0.25) is 0 Å². The van der Waals surface area contributed by atoms with E-state index in [2.05, 4.69) is 34.5 Å². The number of hydrogen-bond acceptors (Lipinski definition) is 3. The minimum Gasteiger partial charge on any atom is -0.380 e. The number of nitrogens with zero attached hydrogens (tertiary/aromatic N) is 1. The molecule has 3 heteroatoms. The molecule has 0 aromatic heterocycles. The first-order valence-corrected chi connectivity index (χ1v) is 6.93. The predicted molar refractivity (Wildman–Crippen MR) is 73.9 cm³/mol. The van der Waals surface area contributed by atoms with Crippen LogP contribution in [0.3, 0.4) is 0 Å². The number of piperazine rings is 1. The highest BCUT2D eigenvalue weighted by atomic mass is 16.5. The van der Waals surface area contributed by atoms with E-state index in [4.69, 9.17) is 4.74 Å². The van der Waals surface area contributed by atoms with Crippen LogP contribution in [0, 0.1) is 5.92 Å². The Hall–Kier alpha value is -1.06. The number of anilines is 1. The van der Waals surface area contributed by atoms with E-state index in [0.717, 1.165) is 25.6 Å². The molecule has 98 valence electrons. The Labute approximate surface area is 109 Å². The van der Waals surface area contributed by atoms with Crippen molar-refractivity contribution in [3.8, 4) is 0 Å². The molecular formula is C15H22N2O. The lowest BCUT2D eigenvalue weighted by Gasteiger charge is -2.35. The molecule has 3 nitrogen and oxygen atoms in total. The molecular weight excluding hydrogens is 224 g/mol. The Bertz CT molecular complexity index is 403. The second-order valence-corrected chi connectivity index (χ2v) is 5.45. The fourth-order valence-electron chi connectivity index (χ4n) is 2.84. The average Bonchev–Trinajstić information content (AvgIpc) is 3.24. The summed E-state index contributed by atoms with van der Waals surface area (Å²) in [5, 5.41) is 3.65. The van der Waals surface area contributed by atoms with Gasteiger partial charge in [-0.25, -0.2) is 0 Å². The molecule has 2 fully saturated rings. The average molecular weight is 246 g/mol. The molecule has 1 saturated heterocycles. The summed E-state index contributed by atoms with van der Waals surface area (Å²) in [6, 6.07) is 9.45. The van der Waals surface area contributed by atoms with Crippen LogP contribution in [0.25, 0.3) is 0 Å². The molecule has 2 aliphatic rings. The van der Waals surface area contributed by atoms with Crippen LogP contribution in [0.1, 0.15) is 18.4 Å². The van der Waals surface area contributed by atoms with Crippen molar-refractivity contribution in [1.82, 2.24) is 5.32 Å². The Balaban J connectivity index is 1.70. The molecule has 18 heavy (non-hydrogen) atoms. The lowest BCUT2D eigenvalue weighted by molar-refractivity contribution is 0.185. The molecule has 0 bridgehead atoms. The van der Waals surface area contributed by atoms with E-state index in [-0.39, 0.29) is 0 Å². The van der Waals surface area contributed by atoms with E-state index in [9.17, 15) is 0 Å². The van der Waals surface area contributed by atoms with Gasteiger partial charge in [-0.05, 0) is 36.5 Å². The van der Waals surface area contributed by atoms with Gasteiger partial charge in [0.25, 0.3) is 0 Å². The highest BCUT2D eigenvalue weighted by molar-refractivity contribution is 5.49. The van der Waals surface area contributed by atoms with Crippen molar-refractivity contribution in [1.29, 1.82) is 0 Å². The first-order valence-electron chi connectivity index (χ1n) is 6.93. The summed E-state index contributed by atoms with van der Waals surface area (Å²) in [5.41, 5.74) is 2.60.